The van der Waals surface area contributed by atoms with Crippen LogP contribution in [0.1, 0.15) is 10.4 Å². The van der Waals surface area contributed by atoms with Crippen molar-refractivity contribution in [2.75, 3.05) is 12.3 Å². The van der Waals surface area contributed by atoms with E-state index in [4.69, 9.17) is 16.7 Å². The lowest BCUT2D eigenvalue weighted by Crippen LogP contribution is -2.31. The van der Waals surface area contributed by atoms with Crippen molar-refractivity contribution < 1.29 is 18.1 Å². The molecule has 0 fully saturated rings. The van der Waals surface area contributed by atoms with Gasteiger partial charge in [-0.3, -0.25) is 14.9 Å². The zero-order valence-corrected chi connectivity index (χ0v) is 11.1. The van der Waals surface area contributed by atoms with Crippen LogP contribution in [0.2, 0.25) is 5.02 Å². The molecule has 0 saturated carbocycles. The average molecular weight is 308 g/mol. The molecule has 1 amide bonds. The Morgan fingerprint density at radius 3 is 2.63 bits per heavy atom. The Kier molecular flexibility index (Phi) is 4.81. The fraction of sp³-hybridized carbons (Fsp3) is 0.222. The molecule has 1 aromatic rings. The Balaban J connectivity index is 2.89. The number of sulfonamides is 1. The first kappa shape index (κ1) is 15.3. The van der Waals surface area contributed by atoms with E-state index in [0.29, 0.717) is 0 Å². The van der Waals surface area contributed by atoms with Crippen molar-refractivity contribution in [1.29, 1.82) is 0 Å². The van der Waals surface area contributed by atoms with E-state index in [9.17, 15) is 23.3 Å². The Morgan fingerprint density at radius 2 is 2.11 bits per heavy atom. The van der Waals surface area contributed by atoms with E-state index in [-0.39, 0.29) is 17.1 Å². The van der Waals surface area contributed by atoms with Gasteiger partial charge in [0.1, 0.15) is 10.6 Å². The van der Waals surface area contributed by atoms with E-state index in [2.05, 4.69) is 5.32 Å². The minimum Gasteiger partial charge on any atom is -0.351 e. The molecule has 0 spiro atoms. The molecule has 0 aromatic heterocycles. The number of hydrogen-bond acceptors (Lipinski definition) is 5. The number of carbonyl (C=O) groups excluding carboxylic acids is 1. The van der Waals surface area contributed by atoms with Gasteiger partial charge in [-0.1, -0.05) is 17.7 Å². The molecule has 0 radical (unpaired) electrons. The zero-order valence-electron chi connectivity index (χ0n) is 9.50. The van der Waals surface area contributed by atoms with E-state index in [1.807, 2.05) is 0 Å². The van der Waals surface area contributed by atoms with Crippen molar-refractivity contribution in [3.8, 4) is 0 Å². The molecule has 10 heteroatoms. The van der Waals surface area contributed by atoms with E-state index in [1.54, 1.807) is 0 Å². The summed E-state index contributed by atoms with van der Waals surface area (Å²) in [6, 6.07) is 3.88. The topological polar surface area (TPSA) is 132 Å². The number of rotatable bonds is 5. The number of primary sulfonamides is 1. The Morgan fingerprint density at radius 1 is 1.47 bits per heavy atom. The maximum absolute atomic E-state index is 11.7. The Labute approximate surface area is 113 Å². The number of nitrogens with two attached hydrogens (primary N) is 1. The van der Waals surface area contributed by atoms with Gasteiger partial charge >= 0.3 is 5.69 Å². The van der Waals surface area contributed by atoms with Crippen LogP contribution in [0.15, 0.2) is 18.2 Å². The van der Waals surface area contributed by atoms with Gasteiger partial charge in [0.25, 0.3) is 5.91 Å². The number of nitro groups is 1. The number of nitro benzene ring substituents is 1. The number of halogens is 1. The molecule has 0 atom stereocenters. The lowest BCUT2D eigenvalue weighted by molar-refractivity contribution is -0.385. The summed E-state index contributed by atoms with van der Waals surface area (Å²) in [5.41, 5.74) is -0.774. The van der Waals surface area contributed by atoms with Gasteiger partial charge in [-0.2, -0.15) is 0 Å². The fourth-order valence-corrected chi connectivity index (χ4v) is 1.92. The molecule has 0 bridgehead atoms. The number of carbonyl (C=O) groups is 1. The molecular weight excluding hydrogens is 298 g/mol. The van der Waals surface area contributed by atoms with E-state index in [1.165, 1.54) is 18.2 Å². The third-order valence-corrected chi connectivity index (χ3v) is 3.16. The van der Waals surface area contributed by atoms with Gasteiger partial charge in [-0.25, -0.2) is 13.6 Å². The lowest BCUT2D eigenvalue weighted by Gasteiger charge is -2.05. The molecular formula is C9H10ClN3O5S. The van der Waals surface area contributed by atoms with Crippen LogP contribution in [-0.2, 0) is 10.0 Å². The first-order valence-electron chi connectivity index (χ1n) is 4.94. The van der Waals surface area contributed by atoms with Gasteiger partial charge in [0.05, 0.1) is 10.7 Å². The largest absolute Gasteiger partial charge is 0.351 e. The highest BCUT2D eigenvalue weighted by Crippen LogP contribution is 2.27. The molecule has 1 aromatic carbocycles. The lowest BCUT2D eigenvalue weighted by atomic mass is 10.1. The Bertz CT molecular complexity index is 616. The molecule has 1 rings (SSSR count). The van der Waals surface area contributed by atoms with Crippen molar-refractivity contribution in [3.63, 3.8) is 0 Å². The first-order valence-corrected chi connectivity index (χ1v) is 7.03. The predicted octanol–water partition coefficient (Wildman–Crippen LogP) is 0.267. The second kappa shape index (κ2) is 5.95. The molecule has 19 heavy (non-hydrogen) atoms. The van der Waals surface area contributed by atoms with Crippen LogP contribution in [-0.4, -0.2) is 31.5 Å². The van der Waals surface area contributed by atoms with Crippen LogP contribution in [0.5, 0.6) is 0 Å². The highest BCUT2D eigenvalue weighted by Gasteiger charge is 2.23. The van der Waals surface area contributed by atoms with Crippen molar-refractivity contribution in [1.82, 2.24) is 5.32 Å². The van der Waals surface area contributed by atoms with Crippen LogP contribution >= 0.6 is 11.6 Å². The first-order chi connectivity index (χ1) is 8.72. The van der Waals surface area contributed by atoms with Crippen molar-refractivity contribution in [3.05, 3.63) is 38.9 Å². The van der Waals surface area contributed by atoms with Gasteiger partial charge in [-0.05, 0) is 12.1 Å². The monoisotopic (exact) mass is 307 g/mol. The molecule has 0 aliphatic rings. The number of para-hydroxylation sites is 1. The number of hydrogen-bond donors (Lipinski definition) is 2. The quantitative estimate of drug-likeness (QED) is 0.595. The molecule has 0 unspecified atom stereocenters. The molecule has 0 saturated heterocycles. The zero-order chi connectivity index (χ0) is 14.6. The summed E-state index contributed by atoms with van der Waals surface area (Å²) in [4.78, 5) is 21.7. The van der Waals surface area contributed by atoms with Crippen molar-refractivity contribution in [2.45, 2.75) is 0 Å². The van der Waals surface area contributed by atoms with Gasteiger partial charge in [0, 0.05) is 6.54 Å². The highest BCUT2D eigenvalue weighted by molar-refractivity contribution is 7.89. The average Bonchev–Trinajstić information content (AvgIpc) is 2.26. The number of nitrogens with one attached hydrogen (secondary N) is 1. The number of amides is 1. The summed E-state index contributed by atoms with van der Waals surface area (Å²) in [5.74, 6) is -1.26. The van der Waals surface area contributed by atoms with Crippen LogP contribution < -0.4 is 10.5 Å². The number of benzene rings is 1. The summed E-state index contributed by atoms with van der Waals surface area (Å²) < 4.78 is 21.4. The van der Waals surface area contributed by atoms with E-state index in [0.717, 1.165) is 0 Å². The van der Waals surface area contributed by atoms with Crippen molar-refractivity contribution in [2.24, 2.45) is 5.14 Å². The van der Waals surface area contributed by atoms with Crippen LogP contribution in [0, 0.1) is 10.1 Å². The minimum atomic E-state index is -3.71. The third-order valence-electron chi connectivity index (χ3n) is 2.09. The van der Waals surface area contributed by atoms with Gasteiger partial charge in [0.15, 0.2) is 0 Å². The van der Waals surface area contributed by atoms with Crippen LogP contribution in [0.3, 0.4) is 0 Å². The van der Waals surface area contributed by atoms with Crippen LogP contribution in [0.25, 0.3) is 0 Å². The van der Waals surface area contributed by atoms with Gasteiger partial charge < -0.3 is 5.32 Å². The van der Waals surface area contributed by atoms with Gasteiger partial charge in [-0.15, -0.1) is 0 Å². The molecule has 104 valence electrons. The maximum Gasteiger partial charge on any atom is 0.300 e. The van der Waals surface area contributed by atoms with Crippen molar-refractivity contribution >= 4 is 33.2 Å². The molecule has 3 N–H and O–H groups in total. The minimum absolute atomic E-state index is 0.177. The summed E-state index contributed by atoms with van der Waals surface area (Å²) >= 11 is 5.64. The third kappa shape index (κ3) is 4.47. The second-order valence-electron chi connectivity index (χ2n) is 3.52. The van der Waals surface area contributed by atoms with E-state index < -0.39 is 32.3 Å². The highest BCUT2D eigenvalue weighted by atomic mass is 35.5. The molecule has 8 nitrogen and oxygen atoms in total. The molecule has 0 heterocycles. The smallest absolute Gasteiger partial charge is 0.300 e. The SMILES string of the molecule is NS(=O)(=O)CCNC(=O)c1cccc(Cl)c1[N+](=O)[O-]. The maximum atomic E-state index is 11.7. The Hall–Kier alpha value is -1.71. The molecule has 0 aliphatic heterocycles. The summed E-state index contributed by atoms with van der Waals surface area (Å²) in [6.45, 7) is -0.249. The summed E-state index contributed by atoms with van der Waals surface area (Å²) in [5, 5.41) is 17.6. The fourth-order valence-electron chi connectivity index (χ4n) is 1.29. The summed E-state index contributed by atoms with van der Waals surface area (Å²) in [7, 11) is -3.71. The van der Waals surface area contributed by atoms with Crippen LogP contribution in [0.4, 0.5) is 5.69 Å². The number of nitrogens with zero attached hydrogens (tertiary/aromatic N) is 1. The summed E-state index contributed by atoms with van der Waals surface area (Å²) in [6.07, 6.45) is 0. The predicted molar refractivity (Wildman–Crippen MR) is 68.4 cm³/mol. The van der Waals surface area contributed by atoms with Gasteiger partial charge in [0.2, 0.25) is 10.0 Å². The normalized spacial score (nSPS) is 11.1. The standard InChI is InChI=1S/C9H10ClN3O5S/c10-7-3-1-2-6(8(7)13(15)16)9(14)12-4-5-19(11,17)18/h1-3H,4-5H2,(H,12,14)(H2,11,17,18). The molecule has 0 aliphatic carbocycles. The van der Waals surface area contributed by atoms with E-state index >= 15 is 0 Å². The second-order valence-corrected chi connectivity index (χ2v) is 5.66.